The molecule has 1 unspecified atom stereocenters. The van der Waals surface area contributed by atoms with Crippen molar-refractivity contribution in [1.29, 1.82) is 0 Å². The summed E-state index contributed by atoms with van der Waals surface area (Å²) in [5.41, 5.74) is 0.362. The average molecular weight is 614 g/mol. The third-order valence-corrected chi connectivity index (χ3v) is 6.97. The maximum absolute atomic E-state index is 13.5. The largest absolute Gasteiger partial charge is 0.417 e. The van der Waals surface area contributed by atoms with Crippen LogP contribution in [-0.4, -0.2) is 60.2 Å². The molecule has 2 aromatic heterocycles. The Kier molecular flexibility index (Phi) is 9.26. The second-order valence-corrected chi connectivity index (χ2v) is 9.49. The molecule has 0 saturated carbocycles. The molecule has 1 atom stereocenters. The first kappa shape index (κ1) is 29.7. The summed E-state index contributed by atoms with van der Waals surface area (Å²) in [6, 6.07) is 14.0. The van der Waals surface area contributed by atoms with E-state index in [1.807, 2.05) is 0 Å². The molecule has 1 amide bonds. The van der Waals surface area contributed by atoms with Crippen molar-refractivity contribution in [2.45, 2.75) is 12.3 Å². The second kappa shape index (κ2) is 12.5. The van der Waals surface area contributed by atoms with E-state index < -0.39 is 29.4 Å². The lowest BCUT2D eigenvalue weighted by atomic mass is 10.0. The molecule has 1 aliphatic rings. The fourth-order valence-corrected chi connectivity index (χ4v) is 5.05. The second-order valence-electron chi connectivity index (χ2n) is 8.56. The molecule has 2 aromatic carbocycles. The van der Waals surface area contributed by atoms with Gasteiger partial charge in [-0.2, -0.15) is 21.6 Å². The number of hydrogen-bond acceptors (Lipinski definition) is 6. The molecule has 0 aliphatic carbocycles. The van der Waals surface area contributed by atoms with Gasteiger partial charge in [-0.25, -0.2) is 0 Å². The summed E-state index contributed by atoms with van der Waals surface area (Å²) in [6.45, 7) is 1.59. The van der Waals surface area contributed by atoms with Crippen molar-refractivity contribution in [3.63, 3.8) is 0 Å². The van der Waals surface area contributed by atoms with Crippen LogP contribution in [0.2, 0.25) is 10.0 Å². The van der Waals surface area contributed by atoms with E-state index in [2.05, 4.69) is 4.98 Å². The van der Waals surface area contributed by atoms with E-state index in [-0.39, 0.29) is 43.8 Å². The molecule has 0 spiro atoms. The van der Waals surface area contributed by atoms with Gasteiger partial charge in [-0.1, -0.05) is 41.4 Å². The number of ether oxygens (including phenoxy) is 1. The van der Waals surface area contributed by atoms with Crippen LogP contribution >= 0.6 is 23.2 Å². The Balaban J connectivity index is 0.00000118. The number of benzene rings is 2. The first-order valence-electron chi connectivity index (χ1n) is 11.7. The average Bonchev–Trinajstić information content (AvgIpc) is 3.33. The van der Waals surface area contributed by atoms with E-state index in [1.54, 1.807) is 35.2 Å². The third kappa shape index (κ3) is 6.06. The van der Waals surface area contributed by atoms with Gasteiger partial charge in [0.25, 0.3) is 5.91 Å². The SMILES string of the molecule is O=C(c1ccc(Cl)c(C(O)c2cc3ncc(C(F)(F)F)cc3n2-c2ccccc2)c1Cl)N1CCOCC1.O=S=O. The number of nitrogens with zero attached hydrogens (tertiary/aromatic N) is 3. The zero-order valence-electron chi connectivity index (χ0n) is 20.4. The molecule has 1 saturated heterocycles. The van der Waals surface area contributed by atoms with E-state index >= 15 is 0 Å². The Labute approximate surface area is 239 Å². The monoisotopic (exact) mass is 613 g/mol. The number of carbonyl (C=O) groups is 1. The van der Waals surface area contributed by atoms with E-state index in [4.69, 9.17) is 36.4 Å². The van der Waals surface area contributed by atoms with E-state index in [0.29, 0.717) is 32.0 Å². The van der Waals surface area contributed by atoms with Crippen molar-refractivity contribution in [2.24, 2.45) is 0 Å². The number of aliphatic hydroxyl groups excluding tert-OH is 1. The van der Waals surface area contributed by atoms with Gasteiger partial charge in [0.05, 0.1) is 46.1 Å². The normalized spacial score (nSPS) is 14.4. The van der Waals surface area contributed by atoms with Crippen LogP contribution in [-0.2, 0) is 22.5 Å². The first-order valence-corrected chi connectivity index (χ1v) is 13.1. The minimum absolute atomic E-state index is 0.0368. The molecular weight excluding hydrogens is 594 g/mol. The topological polar surface area (TPSA) is 102 Å². The van der Waals surface area contributed by atoms with Gasteiger partial charge in [-0.3, -0.25) is 9.78 Å². The van der Waals surface area contributed by atoms with Crippen molar-refractivity contribution < 1.29 is 36.2 Å². The van der Waals surface area contributed by atoms with Crippen molar-refractivity contribution >= 4 is 51.7 Å². The predicted octanol–water partition coefficient (Wildman–Crippen LogP) is 5.24. The van der Waals surface area contributed by atoms with Gasteiger partial charge in [0, 0.05) is 35.6 Å². The molecule has 5 rings (SSSR count). The maximum atomic E-state index is 13.5. The maximum Gasteiger partial charge on any atom is 0.417 e. The highest BCUT2D eigenvalue weighted by Crippen LogP contribution is 2.40. The Bertz CT molecular complexity index is 1570. The van der Waals surface area contributed by atoms with Crippen LogP contribution in [0.4, 0.5) is 13.2 Å². The van der Waals surface area contributed by atoms with Gasteiger partial charge < -0.3 is 19.3 Å². The fraction of sp³-hybridized carbons (Fsp3) is 0.231. The van der Waals surface area contributed by atoms with Crippen molar-refractivity contribution in [1.82, 2.24) is 14.5 Å². The number of pyridine rings is 1. The molecule has 8 nitrogen and oxygen atoms in total. The first-order chi connectivity index (χ1) is 19.1. The minimum Gasteiger partial charge on any atom is -0.382 e. The molecular formula is C26H20Cl2F3N3O5S. The highest BCUT2D eigenvalue weighted by atomic mass is 35.5. The number of rotatable bonds is 4. The fourth-order valence-electron chi connectivity index (χ4n) is 4.39. The molecule has 3 heterocycles. The zero-order chi connectivity index (χ0) is 29.0. The summed E-state index contributed by atoms with van der Waals surface area (Å²) in [4.78, 5) is 18.7. The summed E-state index contributed by atoms with van der Waals surface area (Å²) in [5.74, 6) is -0.335. The van der Waals surface area contributed by atoms with Crippen LogP contribution in [0.5, 0.6) is 0 Å². The van der Waals surface area contributed by atoms with Crippen LogP contribution in [0, 0.1) is 0 Å². The molecule has 1 N–H and O–H groups in total. The Morgan fingerprint density at radius 2 is 1.70 bits per heavy atom. The standard InChI is InChI=1S/C26H20Cl2F3N3O3.O2S/c27-18-7-6-17(25(36)33-8-10-37-11-9-33)23(28)22(18)24(35)21-13-19-20(12-15(14-32-19)26(29,30)31)34(21)16-4-2-1-3-5-16;1-3-2/h1-7,12-14,24,35H,8-11H2;. The summed E-state index contributed by atoms with van der Waals surface area (Å²) in [5, 5.41) is 11.6. The van der Waals surface area contributed by atoms with E-state index in [1.165, 1.54) is 22.8 Å². The van der Waals surface area contributed by atoms with Crippen LogP contribution in [0.15, 0.2) is 60.8 Å². The number of halogens is 5. The number of para-hydroxylation sites is 1. The van der Waals surface area contributed by atoms with Crippen LogP contribution < -0.4 is 0 Å². The van der Waals surface area contributed by atoms with Gasteiger partial charge in [0.1, 0.15) is 6.10 Å². The van der Waals surface area contributed by atoms with Crippen molar-refractivity contribution in [2.75, 3.05) is 26.3 Å². The molecule has 14 heteroatoms. The summed E-state index contributed by atoms with van der Waals surface area (Å²) in [6.07, 6.45) is -5.34. The summed E-state index contributed by atoms with van der Waals surface area (Å²) in [7, 11) is 0. The molecule has 0 bridgehead atoms. The molecule has 40 heavy (non-hydrogen) atoms. The number of carbonyl (C=O) groups excluding carboxylic acids is 1. The highest BCUT2D eigenvalue weighted by molar-refractivity contribution is 7.51. The van der Waals surface area contributed by atoms with E-state index in [9.17, 15) is 23.1 Å². The predicted molar refractivity (Wildman–Crippen MR) is 142 cm³/mol. The number of hydrogen-bond donors (Lipinski definition) is 1. The lowest BCUT2D eigenvalue weighted by Gasteiger charge is -2.28. The number of amides is 1. The van der Waals surface area contributed by atoms with Crippen LogP contribution in [0.1, 0.15) is 33.3 Å². The number of alkyl halides is 3. The molecule has 210 valence electrons. The lowest BCUT2D eigenvalue weighted by molar-refractivity contribution is -0.137. The molecule has 4 aromatic rings. The Morgan fingerprint density at radius 3 is 2.33 bits per heavy atom. The number of aromatic nitrogens is 2. The Hall–Kier alpha value is -3.29. The number of fused-ring (bicyclic) bond motifs is 1. The summed E-state index contributed by atoms with van der Waals surface area (Å²) >= 11 is 12.4. The van der Waals surface area contributed by atoms with Gasteiger partial charge >= 0.3 is 17.7 Å². The summed E-state index contributed by atoms with van der Waals surface area (Å²) < 4.78 is 63.8. The van der Waals surface area contributed by atoms with E-state index in [0.717, 1.165) is 12.3 Å². The number of morpholine rings is 1. The zero-order valence-corrected chi connectivity index (χ0v) is 22.7. The van der Waals surface area contributed by atoms with Gasteiger partial charge in [-0.15, -0.1) is 0 Å². The minimum atomic E-state index is -4.60. The lowest BCUT2D eigenvalue weighted by Crippen LogP contribution is -2.40. The van der Waals surface area contributed by atoms with Crippen molar-refractivity contribution in [3.8, 4) is 5.69 Å². The third-order valence-electron chi connectivity index (χ3n) is 6.23. The number of aliphatic hydroxyl groups is 1. The smallest absolute Gasteiger partial charge is 0.382 e. The molecule has 1 aliphatic heterocycles. The molecule has 1 fully saturated rings. The molecule has 0 radical (unpaired) electrons. The van der Waals surface area contributed by atoms with Crippen LogP contribution in [0.25, 0.3) is 16.7 Å². The quantitative estimate of drug-likeness (QED) is 0.338. The van der Waals surface area contributed by atoms with Gasteiger partial charge in [0.15, 0.2) is 0 Å². The van der Waals surface area contributed by atoms with Crippen LogP contribution in [0.3, 0.4) is 0 Å². The van der Waals surface area contributed by atoms with Gasteiger partial charge in [0.2, 0.25) is 0 Å². The van der Waals surface area contributed by atoms with Gasteiger partial charge in [-0.05, 0) is 36.4 Å². The van der Waals surface area contributed by atoms with Crippen molar-refractivity contribution in [3.05, 3.63) is 93.2 Å². The Morgan fingerprint density at radius 1 is 1.05 bits per heavy atom. The highest BCUT2D eigenvalue weighted by Gasteiger charge is 2.33.